The second-order valence-electron chi connectivity index (χ2n) is 6.20. The van der Waals surface area contributed by atoms with Crippen LogP contribution in [0.25, 0.3) is 0 Å². The van der Waals surface area contributed by atoms with Gasteiger partial charge in [0, 0.05) is 25.0 Å². The summed E-state index contributed by atoms with van der Waals surface area (Å²) < 4.78 is 37.0. The average molecular weight is 417 g/mol. The van der Waals surface area contributed by atoms with E-state index in [1.807, 2.05) is 4.72 Å². The molecular weight excluding hydrogens is 398 g/mol. The van der Waals surface area contributed by atoms with Gasteiger partial charge in [-0.2, -0.15) is 5.01 Å². The van der Waals surface area contributed by atoms with Crippen molar-refractivity contribution in [2.45, 2.75) is 25.0 Å². The van der Waals surface area contributed by atoms with Crippen LogP contribution in [0.5, 0.6) is 5.75 Å². The molecule has 0 aliphatic carbocycles. The van der Waals surface area contributed by atoms with Gasteiger partial charge in [0.05, 0.1) is 12.0 Å². The summed E-state index contributed by atoms with van der Waals surface area (Å²) in [5.41, 5.74) is 1.18. The summed E-state index contributed by atoms with van der Waals surface area (Å²) in [5.74, 6) is -0.162. The van der Waals surface area contributed by atoms with Crippen LogP contribution in [0.4, 0.5) is 0 Å². The van der Waals surface area contributed by atoms with Gasteiger partial charge in [-0.15, -0.1) is 5.10 Å². The summed E-state index contributed by atoms with van der Waals surface area (Å²) in [4.78, 5) is 23.0. The summed E-state index contributed by atoms with van der Waals surface area (Å²) in [5, 5.41) is 5.43. The normalized spacial score (nSPS) is 16.0. The Morgan fingerprint density at radius 2 is 1.69 bits per heavy atom. The number of benzene rings is 2. The van der Waals surface area contributed by atoms with Gasteiger partial charge in [0.2, 0.25) is 23.9 Å². The molecular formula is C19H19N3O6S. The molecule has 0 fully saturated rings. The second kappa shape index (κ2) is 7.92. The summed E-state index contributed by atoms with van der Waals surface area (Å²) >= 11 is 0. The van der Waals surface area contributed by atoms with Gasteiger partial charge in [0.1, 0.15) is 5.75 Å². The maximum Gasteiger partial charge on any atom is 0.264 e. The highest BCUT2D eigenvalue weighted by molar-refractivity contribution is 7.90. The zero-order valence-electron chi connectivity index (χ0n) is 15.9. The first-order valence-electron chi connectivity index (χ1n) is 8.54. The van der Waals surface area contributed by atoms with E-state index in [-0.39, 0.29) is 16.7 Å². The number of methoxy groups -OCH3 is 1. The second-order valence-corrected chi connectivity index (χ2v) is 7.88. The lowest BCUT2D eigenvalue weighted by atomic mass is 10.2. The third-order valence-corrected chi connectivity index (χ3v) is 5.51. The van der Waals surface area contributed by atoms with Crippen LogP contribution < -0.4 is 9.46 Å². The third-order valence-electron chi connectivity index (χ3n) is 4.06. The molecule has 1 aliphatic heterocycles. The van der Waals surface area contributed by atoms with Crippen molar-refractivity contribution in [3.63, 3.8) is 0 Å². The fourth-order valence-electron chi connectivity index (χ4n) is 2.69. The number of sulfonamides is 1. The Morgan fingerprint density at radius 3 is 2.21 bits per heavy atom. The fraction of sp³-hybridized carbons (Fsp3) is 0.211. The van der Waals surface area contributed by atoms with Crippen LogP contribution in [-0.2, 0) is 24.3 Å². The van der Waals surface area contributed by atoms with Crippen molar-refractivity contribution in [3.05, 3.63) is 59.7 Å². The zero-order chi connectivity index (χ0) is 21.2. The van der Waals surface area contributed by atoms with Gasteiger partial charge in [-0.3, -0.25) is 9.59 Å². The molecule has 152 valence electrons. The average Bonchev–Trinajstić information content (AvgIpc) is 3.13. The Hall–Kier alpha value is -3.40. The number of amides is 2. The van der Waals surface area contributed by atoms with E-state index in [2.05, 4.69) is 5.10 Å². The van der Waals surface area contributed by atoms with Gasteiger partial charge in [0.25, 0.3) is 10.0 Å². The molecule has 10 heteroatoms. The maximum atomic E-state index is 12.0. The molecule has 0 radical (unpaired) electrons. The number of nitrogens with one attached hydrogen (secondary N) is 1. The van der Waals surface area contributed by atoms with Crippen molar-refractivity contribution in [2.24, 2.45) is 5.10 Å². The number of carbonyl (C=O) groups excluding carboxylic acids is 2. The molecule has 0 saturated carbocycles. The summed E-state index contributed by atoms with van der Waals surface area (Å²) in [6.07, 6.45) is -0.754. The smallest absolute Gasteiger partial charge is 0.264 e. The molecule has 1 N–H and O–H groups in total. The Morgan fingerprint density at radius 1 is 1.07 bits per heavy atom. The molecule has 2 amide bonds. The van der Waals surface area contributed by atoms with E-state index < -0.39 is 22.2 Å². The van der Waals surface area contributed by atoms with E-state index in [9.17, 15) is 18.0 Å². The van der Waals surface area contributed by atoms with Crippen molar-refractivity contribution in [1.82, 2.24) is 9.73 Å². The predicted octanol–water partition coefficient (Wildman–Crippen LogP) is 1.76. The molecule has 1 unspecified atom stereocenters. The quantitative estimate of drug-likeness (QED) is 0.793. The van der Waals surface area contributed by atoms with Gasteiger partial charge in [-0.1, -0.05) is 0 Å². The van der Waals surface area contributed by atoms with Gasteiger partial charge in [0.15, 0.2) is 0 Å². The number of hydrogen-bond donors (Lipinski definition) is 1. The lowest BCUT2D eigenvalue weighted by Crippen LogP contribution is -2.28. The highest BCUT2D eigenvalue weighted by atomic mass is 32.2. The van der Waals surface area contributed by atoms with Crippen LogP contribution in [0, 0.1) is 0 Å². The SMILES string of the molecule is COc1ccc(C2OC(c3ccc(S(=O)(=O)NC(C)=O)cc3)=NN2C(C)=O)cc1. The molecule has 29 heavy (non-hydrogen) atoms. The van der Waals surface area contributed by atoms with Crippen molar-refractivity contribution in [3.8, 4) is 5.75 Å². The first-order valence-corrected chi connectivity index (χ1v) is 10.0. The van der Waals surface area contributed by atoms with Crippen LogP contribution in [-0.4, -0.2) is 38.2 Å². The van der Waals surface area contributed by atoms with Crippen molar-refractivity contribution < 1.29 is 27.5 Å². The molecule has 3 rings (SSSR count). The van der Waals surface area contributed by atoms with Gasteiger partial charge in [-0.25, -0.2) is 13.1 Å². The zero-order valence-corrected chi connectivity index (χ0v) is 16.8. The fourth-order valence-corrected chi connectivity index (χ4v) is 3.68. The predicted molar refractivity (Wildman–Crippen MR) is 103 cm³/mol. The van der Waals surface area contributed by atoms with E-state index in [0.29, 0.717) is 16.9 Å². The number of rotatable bonds is 5. The number of carbonyl (C=O) groups is 2. The van der Waals surface area contributed by atoms with E-state index in [0.717, 1.165) is 6.92 Å². The lowest BCUT2D eigenvalue weighted by Gasteiger charge is -2.19. The molecule has 0 bridgehead atoms. The van der Waals surface area contributed by atoms with Gasteiger partial charge < -0.3 is 9.47 Å². The van der Waals surface area contributed by atoms with Crippen molar-refractivity contribution in [2.75, 3.05) is 7.11 Å². The number of hydrazone groups is 1. The van der Waals surface area contributed by atoms with E-state index in [1.165, 1.54) is 36.2 Å². The molecule has 0 aromatic heterocycles. The van der Waals surface area contributed by atoms with Gasteiger partial charge in [-0.05, 0) is 48.5 Å². The molecule has 1 aliphatic rings. The maximum absolute atomic E-state index is 12.0. The molecule has 2 aromatic rings. The van der Waals surface area contributed by atoms with Crippen LogP contribution in [0.15, 0.2) is 58.5 Å². The molecule has 0 saturated heterocycles. The minimum atomic E-state index is -3.94. The standard InChI is InChI=1S/C19H19N3O6S/c1-12(23)21-29(25,26)17-10-6-14(7-11-17)18-20-22(13(2)24)19(28-18)15-4-8-16(27-3)9-5-15/h4-11,19H,1-3H3,(H,21,23). The van der Waals surface area contributed by atoms with Gasteiger partial charge >= 0.3 is 0 Å². The Bertz CT molecular complexity index is 1060. The van der Waals surface area contributed by atoms with Crippen LogP contribution >= 0.6 is 0 Å². The van der Waals surface area contributed by atoms with Crippen LogP contribution in [0.2, 0.25) is 0 Å². The van der Waals surface area contributed by atoms with Crippen molar-refractivity contribution in [1.29, 1.82) is 0 Å². The topological polar surface area (TPSA) is 114 Å². The number of nitrogens with zero attached hydrogens (tertiary/aromatic N) is 2. The third kappa shape index (κ3) is 4.37. The number of ether oxygens (including phenoxy) is 2. The van der Waals surface area contributed by atoms with E-state index in [1.54, 1.807) is 31.4 Å². The minimum absolute atomic E-state index is 0.0785. The minimum Gasteiger partial charge on any atom is -0.497 e. The van der Waals surface area contributed by atoms with Crippen LogP contribution in [0.3, 0.4) is 0 Å². The number of hydrogen-bond acceptors (Lipinski definition) is 7. The first kappa shape index (κ1) is 20.3. The molecule has 0 spiro atoms. The largest absolute Gasteiger partial charge is 0.497 e. The Labute approximate surface area is 168 Å². The highest BCUT2D eigenvalue weighted by Gasteiger charge is 2.33. The summed E-state index contributed by atoms with van der Waals surface area (Å²) in [7, 11) is -2.39. The Balaban J connectivity index is 1.86. The summed E-state index contributed by atoms with van der Waals surface area (Å²) in [6, 6.07) is 12.6. The van der Waals surface area contributed by atoms with E-state index in [4.69, 9.17) is 9.47 Å². The monoisotopic (exact) mass is 417 g/mol. The molecule has 1 atom stereocenters. The highest BCUT2D eigenvalue weighted by Crippen LogP contribution is 2.31. The lowest BCUT2D eigenvalue weighted by molar-refractivity contribution is -0.135. The van der Waals surface area contributed by atoms with Crippen LogP contribution in [0.1, 0.15) is 31.2 Å². The Kier molecular flexibility index (Phi) is 5.55. The summed E-state index contributed by atoms with van der Waals surface area (Å²) in [6.45, 7) is 2.48. The molecule has 1 heterocycles. The first-order chi connectivity index (χ1) is 13.7. The molecule has 2 aromatic carbocycles. The van der Waals surface area contributed by atoms with Crippen molar-refractivity contribution >= 4 is 27.7 Å². The van der Waals surface area contributed by atoms with E-state index >= 15 is 0 Å². The molecule has 9 nitrogen and oxygen atoms in total.